The summed E-state index contributed by atoms with van der Waals surface area (Å²) in [4.78, 5) is 4.82. The van der Waals surface area contributed by atoms with Gasteiger partial charge in [-0.3, -0.25) is 0 Å². The van der Waals surface area contributed by atoms with Crippen molar-refractivity contribution in [3.8, 4) is 0 Å². The van der Waals surface area contributed by atoms with Crippen LogP contribution in [0.2, 0.25) is 0 Å². The van der Waals surface area contributed by atoms with E-state index in [2.05, 4.69) is 43.5 Å². The molecular weight excluding hydrogens is 284 g/mol. The van der Waals surface area contributed by atoms with Crippen LogP contribution in [-0.4, -0.2) is 28.6 Å². The van der Waals surface area contributed by atoms with Crippen LogP contribution in [0.25, 0.3) is 11.0 Å². The topological polar surface area (TPSA) is 27.1 Å². The molecule has 2 atom stereocenters. The summed E-state index contributed by atoms with van der Waals surface area (Å²) in [6.07, 6.45) is 2.16. The third-order valence-electron chi connectivity index (χ3n) is 4.96. The number of fused-ring (bicyclic) bond motifs is 1. The van der Waals surface area contributed by atoms with Crippen LogP contribution >= 0.6 is 11.6 Å². The molecule has 0 N–H and O–H groups in total. The van der Waals surface area contributed by atoms with E-state index in [0.29, 0.717) is 18.0 Å². The van der Waals surface area contributed by atoms with E-state index in [1.54, 1.807) is 7.11 Å². The van der Waals surface area contributed by atoms with Gasteiger partial charge in [0.2, 0.25) is 0 Å². The molecule has 1 aromatic heterocycles. The van der Waals surface area contributed by atoms with Gasteiger partial charge < -0.3 is 9.30 Å². The van der Waals surface area contributed by atoms with E-state index in [-0.39, 0.29) is 5.41 Å². The Morgan fingerprint density at radius 3 is 2.81 bits per heavy atom. The Kier molecular flexibility index (Phi) is 3.74. The zero-order valence-corrected chi connectivity index (χ0v) is 13.9. The molecule has 1 fully saturated rings. The van der Waals surface area contributed by atoms with Crippen LogP contribution in [0.3, 0.4) is 0 Å². The number of imidazole rings is 1. The predicted molar refractivity (Wildman–Crippen MR) is 87.1 cm³/mol. The predicted octanol–water partition coefficient (Wildman–Crippen LogP) is 4.11. The quantitative estimate of drug-likeness (QED) is 0.795. The summed E-state index contributed by atoms with van der Waals surface area (Å²) in [5.41, 5.74) is 3.65. The summed E-state index contributed by atoms with van der Waals surface area (Å²) in [7, 11) is 1.80. The van der Waals surface area contributed by atoms with Gasteiger partial charge in [-0.2, -0.15) is 0 Å². The van der Waals surface area contributed by atoms with Crippen molar-refractivity contribution in [2.45, 2.75) is 45.8 Å². The SMILES string of the molecule is COC1CC(n2c(CCCl)nc3cc(C)ccc32)C1(C)C. The van der Waals surface area contributed by atoms with E-state index in [1.807, 2.05) is 0 Å². The molecule has 1 aromatic carbocycles. The second kappa shape index (κ2) is 5.29. The molecule has 1 aliphatic carbocycles. The molecule has 0 spiro atoms. The smallest absolute Gasteiger partial charge is 0.111 e. The molecule has 0 radical (unpaired) electrons. The van der Waals surface area contributed by atoms with Crippen molar-refractivity contribution in [2.24, 2.45) is 5.41 Å². The summed E-state index contributed by atoms with van der Waals surface area (Å²) < 4.78 is 8.00. The molecule has 114 valence electrons. The lowest BCUT2D eigenvalue weighted by atomic mass is 9.64. The minimum Gasteiger partial charge on any atom is -0.381 e. The number of nitrogens with zero attached hydrogens (tertiary/aromatic N) is 2. The molecule has 0 amide bonds. The van der Waals surface area contributed by atoms with Crippen LogP contribution in [0.1, 0.15) is 37.7 Å². The normalized spacial score (nSPS) is 24.2. The van der Waals surface area contributed by atoms with Crippen LogP contribution in [0, 0.1) is 12.3 Å². The molecule has 21 heavy (non-hydrogen) atoms. The van der Waals surface area contributed by atoms with Gasteiger partial charge in [0.15, 0.2) is 0 Å². The van der Waals surface area contributed by atoms with Gasteiger partial charge >= 0.3 is 0 Å². The third kappa shape index (κ3) is 2.27. The van der Waals surface area contributed by atoms with Gasteiger partial charge in [-0.05, 0) is 31.0 Å². The summed E-state index contributed by atoms with van der Waals surface area (Å²) in [6, 6.07) is 6.92. The highest BCUT2D eigenvalue weighted by atomic mass is 35.5. The van der Waals surface area contributed by atoms with Crippen molar-refractivity contribution in [3.05, 3.63) is 29.6 Å². The van der Waals surface area contributed by atoms with Gasteiger partial charge in [0.25, 0.3) is 0 Å². The minimum absolute atomic E-state index is 0.119. The first-order valence-electron chi connectivity index (χ1n) is 7.55. The monoisotopic (exact) mass is 306 g/mol. The maximum absolute atomic E-state index is 5.98. The zero-order valence-electron chi connectivity index (χ0n) is 13.2. The summed E-state index contributed by atoms with van der Waals surface area (Å²) >= 11 is 5.98. The van der Waals surface area contributed by atoms with E-state index in [0.717, 1.165) is 24.2 Å². The molecule has 1 aliphatic rings. The number of hydrogen-bond acceptors (Lipinski definition) is 2. The summed E-state index contributed by atoms with van der Waals surface area (Å²) in [5.74, 6) is 1.70. The Labute approximate surface area is 131 Å². The number of halogens is 1. The fraction of sp³-hybridized carbons (Fsp3) is 0.588. The molecule has 3 nitrogen and oxygen atoms in total. The number of methoxy groups -OCH3 is 1. The maximum Gasteiger partial charge on any atom is 0.111 e. The van der Waals surface area contributed by atoms with E-state index in [4.69, 9.17) is 21.3 Å². The van der Waals surface area contributed by atoms with Crippen LogP contribution in [0.5, 0.6) is 0 Å². The largest absolute Gasteiger partial charge is 0.381 e. The number of alkyl halides is 1. The average molecular weight is 307 g/mol. The Hall–Kier alpha value is -1.06. The van der Waals surface area contributed by atoms with Crippen molar-refractivity contribution in [1.82, 2.24) is 9.55 Å². The number of aromatic nitrogens is 2. The van der Waals surface area contributed by atoms with E-state index in [1.165, 1.54) is 11.1 Å². The maximum atomic E-state index is 5.98. The second-order valence-electron chi connectivity index (χ2n) is 6.63. The van der Waals surface area contributed by atoms with Crippen LogP contribution in [0.4, 0.5) is 0 Å². The molecular formula is C17H23ClN2O. The van der Waals surface area contributed by atoms with Gasteiger partial charge in [0, 0.05) is 30.9 Å². The molecule has 1 heterocycles. The van der Waals surface area contributed by atoms with Gasteiger partial charge in [-0.25, -0.2) is 4.98 Å². The van der Waals surface area contributed by atoms with Gasteiger partial charge in [-0.1, -0.05) is 19.9 Å². The number of ether oxygens (including phenoxy) is 1. The van der Waals surface area contributed by atoms with Gasteiger partial charge in [0.05, 0.1) is 17.1 Å². The van der Waals surface area contributed by atoms with Crippen molar-refractivity contribution in [3.63, 3.8) is 0 Å². The lowest BCUT2D eigenvalue weighted by Crippen LogP contribution is -2.51. The van der Waals surface area contributed by atoms with E-state index in [9.17, 15) is 0 Å². The highest BCUT2D eigenvalue weighted by molar-refractivity contribution is 6.17. The Bertz CT molecular complexity index is 662. The van der Waals surface area contributed by atoms with Crippen molar-refractivity contribution >= 4 is 22.6 Å². The summed E-state index contributed by atoms with van der Waals surface area (Å²) in [6.45, 7) is 6.66. The fourth-order valence-electron chi connectivity index (χ4n) is 3.57. The molecule has 3 rings (SSSR count). The lowest BCUT2D eigenvalue weighted by molar-refractivity contribution is -0.112. The summed E-state index contributed by atoms with van der Waals surface area (Å²) in [5, 5.41) is 0. The number of benzene rings is 1. The number of rotatable bonds is 4. The van der Waals surface area contributed by atoms with Crippen LogP contribution in [-0.2, 0) is 11.2 Å². The van der Waals surface area contributed by atoms with Crippen molar-refractivity contribution < 1.29 is 4.74 Å². The molecule has 0 bridgehead atoms. The molecule has 1 saturated carbocycles. The number of aryl methyl sites for hydroxylation is 2. The Balaban J connectivity index is 2.10. The highest BCUT2D eigenvalue weighted by Crippen LogP contribution is 2.52. The van der Waals surface area contributed by atoms with Crippen LogP contribution < -0.4 is 0 Å². The first-order chi connectivity index (χ1) is 9.98. The Morgan fingerprint density at radius 2 is 2.19 bits per heavy atom. The lowest BCUT2D eigenvalue weighted by Gasteiger charge is -2.52. The molecule has 4 heteroatoms. The van der Waals surface area contributed by atoms with Crippen molar-refractivity contribution in [1.29, 1.82) is 0 Å². The number of hydrogen-bond donors (Lipinski definition) is 0. The first kappa shape index (κ1) is 14.9. The van der Waals surface area contributed by atoms with E-state index < -0.39 is 0 Å². The molecule has 2 aromatic rings. The highest BCUT2D eigenvalue weighted by Gasteiger charge is 2.50. The van der Waals surface area contributed by atoms with Gasteiger partial charge in [0.1, 0.15) is 5.82 Å². The van der Waals surface area contributed by atoms with Gasteiger partial charge in [-0.15, -0.1) is 11.6 Å². The standard InChI is InChI=1S/C17H23ClN2O/c1-11-5-6-13-12(9-11)19-16(7-8-18)20(13)14-10-15(21-4)17(14,2)3/h5-6,9,14-15H,7-8,10H2,1-4H3. The minimum atomic E-state index is 0.119. The first-order valence-corrected chi connectivity index (χ1v) is 8.08. The van der Waals surface area contributed by atoms with E-state index >= 15 is 0 Å². The molecule has 2 unspecified atom stereocenters. The van der Waals surface area contributed by atoms with Crippen molar-refractivity contribution in [2.75, 3.05) is 13.0 Å². The fourth-order valence-corrected chi connectivity index (χ4v) is 3.74. The zero-order chi connectivity index (χ0) is 15.2. The van der Waals surface area contributed by atoms with Crippen LogP contribution in [0.15, 0.2) is 18.2 Å². The Morgan fingerprint density at radius 1 is 1.43 bits per heavy atom. The second-order valence-corrected chi connectivity index (χ2v) is 7.00. The average Bonchev–Trinajstić information content (AvgIpc) is 2.76. The third-order valence-corrected chi connectivity index (χ3v) is 5.15. The molecule has 0 saturated heterocycles. The molecule has 0 aliphatic heterocycles.